The third-order valence-corrected chi connectivity index (χ3v) is 8.27. The number of hydrogen-bond donors (Lipinski definition) is 3. The highest BCUT2D eigenvalue weighted by Crippen LogP contribution is 2.15. The quantitative estimate of drug-likeness (QED) is 0.101. The summed E-state index contributed by atoms with van der Waals surface area (Å²) in [5.41, 5.74) is 8.46. The van der Waals surface area contributed by atoms with E-state index in [0.717, 1.165) is 22.3 Å². The number of tetrazole rings is 2. The maximum Gasteiger partial charge on any atom is 0.408 e. The number of nitrogens with zero attached hydrogens (tertiary/aromatic N) is 8. The maximum absolute atomic E-state index is 12.4. The zero-order chi connectivity index (χ0) is 42.1. The van der Waals surface area contributed by atoms with Gasteiger partial charge in [0.25, 0.3) is 0 Å². The predicted molar refractivity (Wildman–Crippen MR) is 227 cm³/mol. The number of halogens is 1. The number of amides is 2. The summed E-state index contributed by atoms with van der Waals surface area (Å²) in [5.74, 6) is 0.432. The van der Waals surface area contributed by atoms with Crippen LogP contribution in [0.15, 0.2) is 121 Å². The number of benzene rings is 4. The molecule has 0 aliphatic rings. The number of nitrogens with one attached hydrogen (secondary N) is 2. The van der Waals surface area contributed by atoms with E-state index in [1.54, 1.807) is 13.8 Å². The minimum Gasteiger partial charge on any atom is -0.444 e. The van der Waals surface area contributed by atoms with Crippen LogP contribution >= 0.6 is 12.4 Å². The first-order chi connectivity index (χ1) is 28.3. The third-order valence-electron chi connectivity index (χ3n) is 8.27. The summed E-state index contributed by atoms with van der Waals surface area (Å²) in [5, 5.41) is 31.0. The molecule has 0 aliphatic carbocycles. The van der Waals surface area contributed by atoms with Gasteiger partial charge in [0.05, 0.1) is 45.1 Å². The number of alkyl carbamates (subject to hydrolysis) is 1. The largest absolute Gasteiger partial charge is 0.444 e. The summed E-state index contributed by atoms with van der Waals surface area (Å²) >= 11 is 0. The Bertz CT molecular complexity index is 2140. The molecule has 2 aromatic heterocycles. The molecule has 0 aliphatic heterocycles. The predicted octanol–water partition coefficient (Wildman–Crippen LogP) is 5.76. The van der Waals surface area contributed by atoms with Gasteiger partial charge in [-0.2, -0.15) is 9.59 Å². The molecule has 4 N–H and O–H groups in total. The van der Waals surface area contributed by atoms with Crippen molar-refractivity contribution in [2.75, 3.05) is 13.2 Å². The summed E-state index contributed by atoms with van der Waals surface area (Å²) < 4.78 is 17.0. The second-order valence-corrected chi connectivity index (χ2v) is 15.3. The zero-order valence-corrected chi connectivity index (χ0v) is 35.4. The van der Waals surface area contributed by atoms with Crippen molar-refractivity contribution in [3.63, 3.8) is 0 Å². The van der Waals surface area contributed by atoms with Gasteiger partial charge in [-0.25, -0.2) is 4.79 Å². The molecule has 60 heavy (non-hydrogen) atoms. The smallest absolute Gasteiger partial charge is 0.408 e. The van der Waals surface area contributed by atoms with Crippen molar-refractivity contribution in [3.8, 4) is 0 Å². The van der Waals surface area contributed by atoms with Gasteiger partial charge in [-0.15, -0.1) is 32.8 Å². The van der Waals surface area contributed by atoms with Crippen LogP contribution in [0.3, 0.4) is 0 Å². The maximum atomic E-state index is 12.4. The molecule has 6 rings (SSSR count). The second kappa shape index (κ2) is 22.9. The molecule has 2 heterocycles. The van der Waals surface area contributed by atoms with Crippen molar-refractivity contribution in [3.05, 3.63) is 155 Å². The highest BCUT2D eigenvalue weighted by Gasteiger charge is 2.28. The fraction of sp³-hybridized carbons (Fsp3) is 0.349. The van der Waals surface area contributed by atoms with Crippen LogP contribution in [0.2, 0.25) is 0 Å². The number of carbonyl (C=O) groups excluding carboxylic acids is 2. The number of aromatic nitrogens is 8. The Balaban J connectivity index is 0.000000260. The number of rotatable bonds is 17. The van der Waals surface area contributed by atoms with E-state index in [4.69, 9.17) is 19.9 Å². The van der Waals surface area contributed by atoms with Crippen molar-refractivity contribution < 1.29 is 23.8 Å². The summed E-state index contributed by atoms with van der Waals surface area (Å²) in [6.45, 7) is 10.9. The molecular weight excluding hydrogens is 786 g/mol. The van der Waals surface area contributed by atoms with Gasteiger partial charge in [0.2, 0.25) is 5.91 Å². The van der Waals surface area contributed by atoms with Gasteiger partial charge in [-0.05, 0) is 67.3 Å². The van der Waals surface area contributed by atoms with Crippen molar-refractivity contribution >= 4 is 24.4 Å². The monoisotopic (exact) mass is 839 g/mol. The molecule has 0 fully saturated rings. The fourth-order valence-electron chi connectivity index (χ4n) is 5.31. The van der Waals surface area contributed by atoms with Gasteiger partial charge in [0.15, 0.2) is 11.6 Å². The molecule has 0 unspecified atom stereocenters. The SMILES string of the molecule is CC(C)(C)OC(=O)N[C@H](COCc1ccccc1)c1nnn(Cc2ccccc2)n1.CC(C)(N)C(=O)N[C@H](COCc1ccccc1)c1nnn(Cc2ccccc2)n1.Cl. The van der Waals surface area contributed by atoms with E-state index >= 15 is 0 Å². The van der Waals surface area contributed by atoms with Gasteiger partial charge >= 0.3 is 6.09 Å². The van der Waals surface area contributed by atoms with Crippen LogP contribution in [0, 0.1) is 0 Å². The summed E-state index contributed by atoms with van der Waals surface area (Å²) in [7, 11) is 0. The van der Waals surface area contributed by atoms with Crippen LogP contribution in [-0.4, -0.2) is 76.8 Å². The third kappa shape index (κ3) is 16.3. The van der Waals surface area contributed by atoms with Crippen molar-refractivity contribution in [1.82, 2.24) is 51.0 Å². The van der Waals surface area contributed by atoms with Gasteiger partial charge in [-0.1, -0.05) is 121 Å². The number of carbonyl (C=O) groups is 2. The molecule has 6 aromatic rings. The van der Waals surface area contributed by atoms with Crippen LogP contribution in [0.4, 0.5) is 4.79 Å². The zero-order valence-electron chi connectivity index (χ0n) is 34.5. The van der Waals surface area contributed by atoms with Gasteiger partial charge in [-0.3, -0.25) is 4.79 Å². The first kappa shape index (κ1) is 46.6. The standard InChI is InChI=1S/C22H27N5O3.C21H26N6O2.ClH/c1-22(2,3)30-21(28)23-19(16-29-15-18-12-8-5-9-13-18)20-24-26-27(25-20)14-17-10-6-4-7-11-17;1-21(2,22)20(28)23-18(15-29-14-17-11-7-4-8-12-17)19-24-26-27(25-19)13-16-9-5-3-6-10-16;/h4-13,19H,14-16H2,1-3H3,(H,23,28);3-12,18H,13-15,22H2,1-2H3,(H,23,28);1H/t19-;18-;/m11./s1. The molecule has 318 valence electrons. The summed E-state index contributed by atoms with van der Waals surface area (Å²) in [4.78, 5) is 27.7. The highest BCUT2D eigenvalue weighted by molar-refractivity contribution is 5.85. The average Bonchev–Trinajstić information content (AvgIpc) is 3.88. The molecule has 17 heteroatoms. The minimum absolute atomic E-state index is 0. The highest BCUT2D eigenvalue weighted by atomic mass is 35.5. The first-order valence-corrected chi connectivity index (χ1v) is 19.3. The lowest BCUT2D eigenvalue weighted by atomic mass is 10.1. The van der Waals surface area contributed by atoms with E-state index in [9.17, 15) is 9.59 Å². The Kier molecular flexibility index (Phi) is 17.8. The number of ether oxygens (including phenoxy) is 3. The van der Waals surface area contributed by atoms with Gasteiger partial charge < -0.3 is 30.6 Å². The fourth-order valence-corrected chi connectivity index (χ4v) is 5.31. The van der Waals surface area contributed by atoms with Crippen LogP contribution in [-0.2, 0) is 45.3 Å². The van der Waals surface area contributed by atoms with Crippen LogP contribution < -0.4 is 16.4 Å². The molecule has 2 atom stereocenters. The van der Waals surface area contributed by atoms with Crippen LogP contribution in [0.25, 0.3) is 0 Å². The number of hydrogen-bond acceptors (Lipinski definition) is 12. The van der Waals surface area contributed by atoms with E-state index in [-0.39, 0.29) is 31.5 Å². The summed E-state index contributed by atoms with van der Waals surface area (Å²) in [6.07, 6.45) is -0.560. The van der Waals surface area contributed by atoms with E-state index in [0.29, 0.717) is 38.0 Å². The van der Waals surface area contributed by atoms with Gasteiger partial charge in [0.1, 0.15) is 17.7 Å². The van der Waals surface area contributed by atoms with Crippen molar-refractivity contribution in [1.29, 1.82) is 0 Å². The molecule has 2 amide bonds. The molecule has 16 nitrogen and oxygen atoms in total. The van der Waals surface area contributed by atoms with Crippen LogP contribution in [0.1, 0.15) is 80.6 Å². The van der Waals surface area contributed by atoms with Crippen molar-refractivity contribution in [2.24, 2.45) is 5.73 Å². The average molecular weight is 840 g/mol. The Morgan fingerprint density at radius 1 is 0.600 bits per heavy atom. The van der Waals surface area contributed by atoms with E-state index in [1.807, 2.05) is 142 Å². The summed E-state index contributed by atoms with van der Waals surface area (Å²) in [6, 6.07) is 38.1. The lowest BCUT2D eigenvalue weighted by Gasteiger charge is -2.22. The molecule has 4 aromatic carbocycles. The molecular formula is C43H54ClN11O5. The molecule has 0 saturated carbocycles. The Morgan fingerprint density at radius 2 is 0.967 bits per heavy atom. The molecule has 0 saturated heterocycles. The lowest BCUT2D eigenvalue weighted by molar-refractivity contribution is -0.126. The van der Waals surface area contributed by atoms with Crippen LogP contribution in [0.5, 0.6) is 0 Å². The number of nitrogens with two attached hydrogens (primary N) is 1. The Labute approximate surface area is 356 Å². The van der Waals surface area contributed by atoms with E-state index in [1.165, 1.54) is 9.59 Å². The normalized spacial score (nSPS) is 12.2. The van der Waals surface area contributed by atoms with E-state index < -0.39 is 29.3 Å². The first-order valence-electron chi connectivity index (χ1n) is 19.3. The minimum atomic E-state index is -1.03. The lowest BCUT2D eigenvalue weighted by Crippen LogP contribution is -2.50. The Hall–Kier alpha value is -6.07. The Morgan fingerprint density at radius 3 is 1.33 bits per heavy atom. The molecule has 0 spiro atoms. The molecule has 0 radical (unpaired) electrons. The molecule has 0 bridgehead atoms. The van der Waals surface area contributed by atoms with Crippen molar-refractivity contribution in [2.45, 2.75) is 84.1 Å². The van der Waals surface area contributed by atoms with Gasteiger partial charge in [0, 0.05) is 0 Å². The topological polar surface area (TPSA) is 199 Å². The second-order valence-electron chi connectivity index (χ2n) is 15.3. The van der Waals surface area contributed by atoms with E-state index in [2.05, 4.69) is 41.5 Å².